The number of hydrogen-bond acceptors (Lipinski definition) is 12. The number of carbonyl (C=O) groups excluding carboxylic acids is 1. The highest BCUT2D eigenvalue weighted by Crippen LogP contribution is 2.35. The number of aromatic nitrogens is 3. The van der Waals surface area contributed by atoms with Crippen LogP contribution in [0.4, 0.5) is 31.0 Å². The van der Waals surface area contributed by atoms with Gasteiger partial charge >= 0.3 is 12.0 Å². The minimum atomic E-state index is -3.36. The molecule has 1 N–H and O–H groups in total. The van der Waals surface area contributed by atoms with Gasteiger partial charge in [0.1, 0.15) is 28.9 Å². The van der Waals surface area contributed by atoms with Crippen molar-refractivity contribution < 1.29 is 32.5 Å². The lowest BCUT2D eigenvalue weighted by molar-refractivity contribution is -0.137. The molecule has 0 aliphatic carbocycles. The number of anilines is 3. The van der Waals surface area contributed by atoms with E-state index in [0.717, 1.165) is 43.4 Å². The van der Waals surface area contributed by atoms with Crippen LogP contribution in [0.5, 0.6) is 11.6 Å². The standard InChI is InChI=1S/C35H42F2N8O5/c1-22-18-43(14-15-45(22)25-19-48-20-25)27-7-9-30(41-31(27)47-5)42-32-39-12-10-26(40-32)23-6-8-28(24(16-23)17-38)49-29-11-13-44(21-35(29,36)37)33(46)50-34(2,3)4/h6-10,12,16,22,25,29H,11,13-15,18-21H2,1-5H3,(H,39,40,41,42). The number of pyridine rings is 1. The zero-order chi connectivity index (χ0) is 35.6. The average molecular weight is 693 g/mol. The van der Waals surface area contributed by atoms with Gasteiger partial charge in [-0.1, -0.05) is 0 Å². The summed E-state index contributed by atoms with van der Waals surface area (Å²) in [6.07, 6.45) is -0.895. The minimum Gasteiger partial charge on any atom is -0.483 e. The normalized spacial score (nSPS) is 21.2. The van der Waals surface area contributed by atoms with Gasteiger partial charge in [-0.25, -0.2) is 23.5 Å². The molecule has 6 rings (SSSR count). The fourth-order valence-corrected chi connectivity index (χ4v) is 6.32. The van der Waals surface area contributed by atoms with Crippen LogP contribution in [0.3, 0.4) is 0 Å². The fourth-order valence-electron chi connectivity index (χ4n) is 6.32. The van der Waals surface area contributed by atoms with Gasteiger partial charge in [-0.3, -0.25) is 4.90 Å². The van der Waals surface area contributed by atoms with E-state index in [1.807, 2.05) is 18.2 Å². The van der Waals surface area contributed by atoms with Crippen LogP contribution in [0, 0.1) is 11.3 Å². The Kier molecular flexibility index (Phi) is 9.95. The quantitative estimate of drug-likeness (QED) is 0.336. The number of amides is 1. The van der Waals surface area contributed by atoms with E-state index in [2.05, 4.69) is 37.0 Å². The molecule has 266 valence electrons. The number of ether oxygens (including phenoxy) is 4. The van der Waals surface area contributed by atoms with Gasteiger partial charge in [0.15, 0.2) is 6.10 Å². The van der Waals surface area contributed by atoms with Gasteiger partial charge in [0.25, 0.3) is 0 Å². The Balaban J connectivity index is 1.12. The lowest BCUT2D eigenvalue weighted by atomic mass is 10.0. The van der Waals surface area contributed by atoms with E-state index in [1.54, 1.807) is 46.2 Å². The highest BCUT2D eigenvalue weighted by Gasteiger charge is 2.48. The molecule has 0 saturated carbocycles. The van der Waals surface area contributed by atoms with Crippen LogP contribution in [0.15, 0.2) is 42.6 Å². The Hall–Kier alpha value is -4.81. The maximum Gasteiger partial charge on any atom is 0.410 e. The van der Waals surface area contributed by atoms with E-state index in [9.17, 15) is 10.1 Å². The van der Waals surface area contributed by atoms with E-state index in [1.165, 1.54) is 12.1 Å². The number of nitrogens with zero attached hydrogens (tertiary/aromatic N) is 7. The average Bonchev–Trinajstić information content (AvgIpc) is 3.05. The summed E-state index contributed by atoms with van der Waals surface area (Å²) in [4.78, 5) is 31.7. The Morgan fingerprint density at radius 2 is 1.92 bits per heavy atom. The summed E-state index contributed by atoms with van der Waals surface area (Å²) in [7, 11) is 1.59. The molecule has 2 aromatic heterocycles. The summed E-state index contributed by atoms with van der Waals surface area (Å²) in [6.45, 7) is 10.6. The number of hydrogen-bond donors (Lipinski definition) is 1. The Labute approximate surface area is 290 Å². The van der Waals surface area contributed by atoms with E-state index in [-0.39, 0.29) is 30.2 Å². The van der Waals surface area contributed by atoms with Crippen LogP contribution in [0.1, 0.15) is 39.7 Å². The second-order valence-corrected chi connectivity index (χ2v) is 13.7. The first-order valence-corrected chi connectivity index (χ1v) is 16.6. The van der Waals surface area contributed by atoms with E-state index >= 15 is 8.78 Å². The molecule has 0 spiro atoms. The van der Waals surface area contributed by atoms with Crippen LogP contribution < -0.4 is 19.7 Å². The number of rotatable bonds is 8. The molecular formula is C35H42F2N8O5. The smallest absolute Gasteiger partial charge is 0.410 e. The maximum atomic E-state index is 15.1. The first kappa shape index (κ1) is 35.0. The van der Waals surface area contributed by atoms with Crippen molar-refractivity contribution in [3.63, 3.8) is 0 Å². The van der Waals surface area contributed by atoms with Crippen LogP contribution in [0.2, 0.25) is 0 Å². The minimum absolute atomic E-state index is 0.0169. The molecule has 13 nitrogen and oxygen atoms in total. The van der Waals surface area contributed by atoms with Crippen molar-refractivity contribution in [1.82, 2.24) is 24.8 Å². The van der Waals surface area contributed by atoms with E-state index in [0.29, 0.717) is 35.0 Å². The predicted molar refractivity (Wildman–Crippen MR) is 181 cm³/mol. The molecule has 1 amide bonds. The predicted octanol–water partition coefficient (Wildman–Crippen LogP) is 5.10. The molecule has 15 heteroatoms. The van der Waals surface area contributed by atoms with Crippen molar-refractivity contribution in [2.24, 2.45) is 0 Å². The van der Waals surface area contributed by atoms with Gasteiger partial charge in [-0.2, -0.15) is 10.2 Å². The molecular weight excluding hydrogens is 650 g/mol. The van der Waals surface area contributed by atoms with Gasteiger partial charge in [-0.05, 0) is 64.1 Å². The molecule has 5 heterocycles. The van der Waals surface area contributed by atoms with Crippen LogP contribution in [-0.4, -0.2) is 114 Å². The Morgan fingerprint density at radius 3 is 2.58 bits per heavy atom. The summed E-state index contributed by atoms with van der Waals surface area (Å²) in [5.41, 5.74) is 1.23. The van der Waals surface area contributed by atoms with Crippen molar-refractivity contribution in [3.05, 3.63) is 48.2 Å². The molecule has 3 saturated heterocycles. The molecule has 3 aliphatic rings. The van der Waals surface area contributed by atoms with Gasteiger partial charge in [0, 0.05) is 50.4 Å². The molecule has 3 aliphatic heterocycles. The number of nitriles is 1. The first-order valence-electron chi connectivity index (χ1n) is 16.6. The summed E-state index contributed by atoms with van der Waals surface area (Å²) in [5, 5.41) is 13.0. The number of carbonyl (C=O) groups is 1. The second-order valence-electron chi connectivity index (χ2n) is 13.7. The fraction of sp³-hybridized carbons (Fsp3) is 0.514. The van der Waals surface area contributed by atoms with Crippen molar-refractivity contribution in [2.45, 2.75) is 63.8 Å². The number of piperidine rings is 1. The zero-order valence-electron chi connectivity index (χ0n) is 28.9. The first-order chi connectivity index (χ1) is 23.8. The monoisotopic (exact) mass is 692 g/mol. The summed E-state index contributed by atoms with van der Waals surface area (Å²) >= 11 is 0. The lowest BCUT2D eigenvalue weighted by Gasteiger charge is -2.47. The highest BCUT2D eigenvalue weighted by atomic mass is 19.3. The third-order valence-electron chi connectivity index (χ3n) is 8.89. The number of likely N-dealkylation sites (tertiary alicyclic amines) is 1. The van der Waals surface area contributed by atoms with Gasteiger partial charge < -0.3 is 34.1 Å². The maximum absolute atomic E-state index is 15.1. The van der Waals surface area contributed by atoms with Crippen molar-refractivity contribution in [3.8, 4) is 29.0 Å². The lowest BCUT2D eigenvalue weighted by Crippen LogP contribution is -2.60. The number of nitrogens with one attached hydrogen (secondary N) is 1. The van der Waals surface area contributed by atoms with Crippen molar-refractivity contribution in [2.75, 3.05) is 63.3 Å². The summed E-state index contributed by atoms with van der Waals surface area (Å²) in [6, 6.07) is 13.0. The second kappa shape index (κ2) is 14.2. The highest BCUT2D eigenvalue weighted by molar-refractivity contribution is 5.69. The number of halogens is 2. The number of alkyl halides is 2. The summed E-state index contributed by atoms with van der Waals surface area (Å²) in [5.74, 6) is -2.11. The van der Waals surface area contributed by atoms with Crippen LogP contribution in [0.25, 0.3) is 11.3 Å². The molecule has 3 aromatic rings. The zero-order valence-corrected chi connectivity index (χ0v) is 28.9. The molecule has 1 aromatic carbocycles. The summed E-state index contributed by atoms with van der Waals surface area (Å²) < 4.78 is 52.3. The van der Waals surface area contributed by atoms with Crippen LogP contribution >= 0.6 is 0 Å². The van der Waals surface area contributed by atoms with E-state index in [4.69, 9.17) is 18.9 Å². The topological polar surface area (TPSA) is 138 Å². The Morgan fingerprint density at radius 1 is 1.12 bits per heavy atom. The van der Waals surface area contributed by atoms with Gasteiger partial charge in [-0.15, -0.1) is 0 Å². The van der Waals surface area contributed by atoms with Crippen molar-refractivity contribution >= 4 is 23.5 Å². The molecule has 0 radical (unpaired) electrons. The molecule has 50 heavy (non-hydrogen) atoms. The SMILES string of the molecule is COc1nc(Nc2nccc(-c3ccc(OC4CCN(C(=O)OC(C)(C)C)CC4(F)F)c(C#N)c3)n2)ccc1N1CCN(C2COC2)C(C)C1. The third-order valence-corrected chi connectivity index (χ3v) is 8.89. The largest absolute Gasteiger partial charge is 0.483 e. The molecule has 2 atom stereocenters. The van der Waals surface area contributed by atoms with E-state index < -0.39 is 30.3 Å². The number of benzene rings is 1. The number of piperazine rings is 1. The Bertz CT molecular complexity index is 1740. The number of methoxy groups -OCH3 is 1. The molecule has 3 fully saturated rings. The van der Waals surface area contributed by atoms with Crippen LogP contribution in [-0.2, 0) is 9.47 Å². The van der Waals surface area contributed by atoms with Crippen molar-refractivity contribution in [1.29, 1.82) is 5.26 Å². The third kappa shape index (κ3) is 7.81. The van der Waals surface area contributed by atoms with Gasteiger partial charge in [0.2, 0.25) is 11.8 Å². The van der Waals surface area contributed by atoms with Gasteiger partial charge in [0.05, 0.1) is 44.2 Å². The molecule has 0 bridgehead atoms. The molecule has 2 unspecified atom stereocenters.